The molecule has 78 valence electrons. The Kier molecular flexibility index (Phi) is 1.83. The average molecular weight is 212 g/mol. The van der Waals surface area contributed by atoms with Gasteiger partial charge >= 0.3 is 0 Å². The molecular weight excluding hydrogens is 204 g/mol. The molecule has 0 saturated heterocycles. The Morgan fingerprint density at radius 3 is 3.12 bits per heavy atom. The molecule has 0 saturated carbocycles. The lowest BCUT2D eigenvalue weighted by molar-refractivity contribution is 0.0945. The van der Waals surface area contributed by atoms with Gasteiger partial charge in [0, 0.05) is 23.3 Å². The third-order valence-electron chi connectivity index (χ3n) is 2.40. The van der Waals surface area contributed by atoms with Crippen LogP contribution in [-0.4, -0.2) is 25.9 Å². The van der Waals surface area contributed by atoms with Gasteiger partial charge in [0.25, 0.3) is 5.91 Å². The van der Waals surface area contributed by atoms with Crippen molar-refractivity contribution < 1.29 is 4.79 Å². The maximum atomic E-state index is 11.9. The molecule has 3 rings (SSSR count). The van der Waals surface area contributed by atoms with Gasteiger partial charge in [-0.25, -0.2) is 4.68 Å². The number of aromatic amines is 1. The number of nitrogens with one attached hydrogen (secondary N) is 1. The molecule has 2 heterocycles. The molecule has 1 aromatic carbocycles. The second kappa shape index (κ2) is 3.30. The van der Waals surface area contributed by atoms with Crippen molar-refractivity contribution in [1.82, 2.24) is 20.0 Å². The Morgan fingerprint density at radius 1 is 1.38 bits per heavy atom. The van der Waals surface area contributed by atoms with Crippen LogP contribution in [0.4, 0.5) is 0 Å². The molecule has 5 heteroatoms. The van der Waals surface area contributed by atoms with Crippen LogP contribution in [0.3, 0.4) is 0 Å². The normalized spacial score (nSPS) is 10.8. The van der Waals surface area contributed by atoms with Gasteiger partial charge in [-0.15, -0.1) is 0 Å². The van der Waals surface area contributed by atoms with Crippen LogP contribution in [0.2, 0.25) is 0 Å². The highest BCUT2D eigenvalue weighted by atomic mass is 16.2. The number of hydrogen-bond acceptors (Lipinski definition) is 3. The second-order valence-electron chi connectivity index (χ2n) is 3.43. The van der Waals surface area contributed by atoms with E-state index in [-0.39, 0.29) is 5.91 Å². The minimum absolute atomic E-state index is 0.151. The molecule has 16 heavy (non-hydrogen) atoms. The maximum absolute atomic E-state index is 11.9. The van der Waals surface area contributed by atoms with E-state index in [4.69, 9.17) is 0 Å². The number of hydrogen-bond donors (Lipinski definition) is 1. The van der Waals surface area contributed by atoms with Crippen LogP contribution < -0.4 is 0 Å². The van der Waals surface area contributed by atoms with Crippen molar-refractivity contribution in [2.24, 2.45) is 0 Å². The van der Waals surface area contributed by atoms with E-state index in [1.54, 1.807) is 36.8 Å². The SMILES string of the molecule is O=C(c1ccc2cn[nH]c2c1)n1cccn1. The summed E-state index contributed by atoms with van der Waals surface area (Å²) in [4.78, 5) is 11.9. The zero-order valence-electron chi connectivity index (χ0n) is 8.29. The highest BCUT2D eigenvalue weighted by Gasteiger charge is 2.09. The summed E-state index contributed by atoms with van der Waals surface area (Å²) in [6.45, 7) is 0. The fourth-order valence-electron chi connectivity index (χ4n) is 1.59. The highest BCUT2D eigenvalue weighted by molar-refractivity contribution is 5.98. The van der Waals surface area contributed by atoms with Crippen LogP contribution in [-0.2, 0) is 0 Å². The first-order chi connectivity index (χ1) is 7.84. The molecule has 0 aliphatic heterocycles. The lowest BCUT2D eigenvalue weighted by Crippen LogP contribution is -2.12. The standard InChI is InChI=1S/C11H8N4O/c16-11(15-5-1-4-13-15)8-2-3-9-7-12-14-10(9)6-8/h1-7H,(H,12,14). The Bertz CT molecular complexity index is 639. The van der Waals surface area contributed by atoms with Crippen molar-refractivity contribution in [2.75, 3.05) is 0 Å². The number of H-pyrrole nitrogens is 1. The summed E-state index contributed by atoms with van der Waals surface area (Å²) in [5.74, 6) is -0.151. The number of fused-ring (bicyclic) bond motifs is 1. The lowest BCUT2D eigenvalue weighted by atomic mass is 10.1. The fraction of sp³-hybridized carbons (Fsp3) is 0. The first kappa shape index (κ1) is 8.84. The molecule has 1 N–H and O–H groups in total. The smallest absolute Gasteiger partial charge is 0.278 e. The van der Waals surface area contributed by atoms with Crippen molar-refractivity contribution in [2.45, 2.75) is 0 Å². The quantitative estimate of drug-likeness (QED) is 0.664. The summed E-state index contributed by atoms with van der Waals surface area (Å²) in [7, 11) is 0. The van der Waals surface area contributed by atoms with E-state index in [0.717, 1.165) is 10.9 Å². The van der Waals surface area contributed by atoms with E-state index in [1.165, 1.54) is 4.68 Å². The van der Waals surface area contributed by atoms with Gasteiger partial charge in [0.05, 0.1) is 11.7 Å². The van der Waals surface area contributed by atoms with Crippen molar-refractivity contribution >= 4 is 16.8 Å². The van der Waals surface area contributed by atoms with E-state index >= 15 is 0 Å². The molecule has 0 bridgehead atoms. The molecule has 0 spiro atoms. The minimum atomic E-state index is -0.151. The summed E-state index contributed by atoms with van der Waals surface area (Å²) in [6, 6.07) is 7.11. The first-order valence-electron chi connectivity index (χ1n) is 4.82. The molecular formula is C11H8N4O. The van der Waals surface area contributed by atoms with Crippen molar-refractivity contribution in [1.29, 1.82) is 0 Å². The molecule has 3 aromatic rings. The van der Waals surface area contributed by atoms with Gasteiger partial charge in [0.2, 0.25) is 0 Å². The maximum Gasteiger partial charge on any atom is 0.278 e. The number of carbonyl (C=O) groups excluding carboxylic acids is 1. The van der Waals surface area contributed by atoms with Crippen molar-refractivity contribution in [3.8, 4) is 0 Å². The van der Waals surface area contributed by atoms with Crippen LogP contribution in [0.15, 0.2) is 42.9 Å². The summed E-state index contributed by atoms with van der Waals surface area (Å²) >= 11 is 0. The van der Waals surface area contributed by atoms with Crippen molar-refractivity contribution in [3.05, 3.63) is 48.4 Å². The summed E-state index contributed by atoms with van der Waals surface area (Å²) < 4.78 is 1.30. The van der Waals surface area contributed by atoms with Gasteiger partial charge in [-0.05, 0) is 18.2 Å². The van der Waals surface area contributed by atoms with Gasteiger partial charge < -0.3 is 0 Å². The molecule has 0 amide bonds. The zero-order chi connectivity index (χ0) is 11.0. The van der Waals surface area contributed by atoms with Crippen LogP contribution in [0.1, 0.15) is 10.4 Å². The van der Waals surface area contributed by atoms with Crippen LogP contribution in [0.25, 0.3) is 10.9 Å². The first-order valence-corrected chi connectivity index (χ1v) is 4.82. The molecule has 0 unspecified atom stereocenters. The fourth-order valence-corrected chi connectivity index (χ4v) is 1.59. The molecule has 0 aliphatic rings. The lowest BCUT2D eigenvalue weighted by Gasteiger charge is -2.00. The Morgan fingerprint density at radius 2 is 2.31 bits per heavy atom. The molecule has 0 atom stereocenters. The summed E-state index contributed by atoms with van der Waals surface area (Å²) in [5, 5.41) is 11.6. The minimum Gasteiger partial charge on any atom is -0.278 e. The predicted octanol–water partition coefficient (Wildman–Crippen LogP) is 1.45. The van der Waals surface area contributed by atoms with Gasteiger partial charge in [-0.2, -0.15) is 10.2 Å². The summed E-state index contributed by atoms with van der Waals surface area (Å²) in [6.07, 6.45) is 4.92. The third-order valence-corrected chi connectivity index (χ3v) is 2.40. The Labute approximate surface area is 90.7 Å². The Balaban J connectivity index is 2.09. The van der Waals surface area contributed by atoms with Gasteiger partial charge in [0.1, 0.15) is 0 Å². The predicted molar refractivity (Wildman–Crippen MR) is 58.0 cm³/mol. The average Bonchev–Trinajstić information content (AvgIpc) is 2.98. The van der Waals surface area contributed by atoms with E-state index in [9.17, 15) is 4.79 Å². The largest absolute Gasteiger partial charge is 0.278 e. The van der Waals surface area contributed by atoms with Crippen LogP contribution >= 0.6 is 0 Å². The number of aromatic nitrogens is 4. The highest BCUT2D eigenvalue weighted by Crippen LogP contribution is 2.13. The van der Waals surface area contributed by atoms with E-state index in [0.29, 0.717) is 5.56 Å². The molecule has 0 fully saturated rings. The topological polar surface area (TPSA) is 63.6 Å². The molecule has 5 nitrogen and oxygen atoms in total. The van der Waals surface area contributed by atoms with E-state index in [2.05, 4.69) is 15.3 Å². The Hall–Kier alpha value is -2.43. The number of nitrogens with zero attached hydrogens (tertiary/aromatic N) is 3. The van der Waals surface area contributed by atoms with Gasteiger partial charge in [-0.3, -0.25) is 9.89 Å². The number of carbonyl (C=O) groups is 1. The van der Waals surface area contributed by atoms with Crippen LogP contribution in [0, 0.1) is 0 Å². The second-order valence-corrected chi connectivity index (χ2v) is 3.43. The number of rotatable bonds is 1. The summed E-state index contributed by atoms with van der Waals surface area (Å²) in [5.41, 5.74) is 1.43. The van der Waals surface area contributed by atoms with E-state index in [1.807, 2.05) is 6.07 Å². The molecule has 0 aliphatic carbocycles. The zero-order valence-corrected chi connectivity index (χ0v) is 8.29. The van der Waals surface area contributed by atoms with Gasteiger partial charge in [-0.1, -0.05) is 6.07 Å². The van der Waals surface area contributed by atoms with Crippen LogP contribution in [0.5, 0.6) is 0 Å². The monoisotopic (exact) mass is 212 g/mol. The van der Waals surface area contributed by atoms with Crippen molar-refractivity contribution in [3.63, 3.8) is 0 Å². The van der Waals surface area contributed by atoms with Gasteiger partial charge in [0.15, 0.2) is 0 Å². The number of benzene rings is 1. The third kappa shape index (κ3) is 1.30. The van der Waals surface area contributed by atoms with E-state index < -0.39 is 0 Å². The molecule has 2 aromatic heterocycles. The molecule has 0 radical (unpaired) electrons.